The van der Waals surface area contributed by atoms with Crippen LogP contribution in [0.4, 0.5) is 0 Å². The number of methoxy groups -OCH3 is 1. The fourth-order valence-corrected chi connectivity index (χ4v) is 2.93. The molecule has 1 aliphatic rings. The number of nitrogens with zero attached hydrogens (tertiary/aromatic N) is 1. The predicted octanol–water partition coefficient (Wildman–Crippen LogP) is 2.24. The average molecular weight is 225 g/mol. The second-order valence-corrected chi connectivity index (χ2v) is 4.99. The number of ether oxygens (including phenoxy) is 1. The summed E-state index contributed by atoms with van der Waals surface area (Å²) >= 11 is 1.55. The van der Waals surface area contributed by atoms with Crippen molar-refractivity contribution in [1.29, 1.82) is 0 Å². The molecule has 1 unspecified atom stereocenters. The van der Waals surface area contributed by atoms with E-state index in [9.17, 15) is 4.79 Å². The van der Waals surface area contributed by atoms with Crippen LogP contribution in [0.25, 0.3) is 0 Å². The van der Waals surface area contributed by atoms with Gasteiger partial charge in [0.05, 0.1) is 21.7 Å². The molecule has 0 saturated heterocycles. The molecule has 0 aromatic carbocycles. The van der Waals surface area contributed by atoms with Gasteiger partial charge in [0, 0.05) is 20.0 Å². The molecule has 2 rings (SSSR count). The molecule has 15 heavy (non-hydrogen) atoms. The maximum Gasteiger partial charge on any atom is 0.174 e. The molecule has 82 valence electrons. The number of hydrogen-bond acceptors (Lipinski definition) is 4. The number of Topliss-reactive ketones (excluding diaryl/α,β-unsaturated/α-hetero) is 1. The van der Waals surface area contributed by atoms with Crippen molar-refractivity contribution in [1.82, 2.24) is 4.98 Å². The van der Waals surface area contributed by atoms with Gasteiger partial charge >= 0.3 is 0 Å². The van der Waals surface area contributed by atoms with Gasteiger partial charge in [0.15, 0.2) is 5.78 Å². The number of ketones is 1. The summed E-state index contributed by atoms with van der Waals surface area (Å²) in [7, 11) is 1.70. The van der Waals surface area contributed by atoms with Crippen molar-refractivity contribution in [3.05, 3.63) is 15.6 Å². The number of fused-ring (bicyclic) bond motifs is 1. The maximum atomic E-state index is 11.6. The van der Waals surface area contributed by atoms with Gasteiger partial charge in [-0.1, -0.05) is 0 Å². The van der Waals surface area contributed by atoms with Crippen LogP contribution in [0.15, 0.2) is 0 Å². The molecular formula is C11H15NO2S. The third-order valence-corrected chi connectivity index (χ3v) is 3.84. The Bertz CT molecular complexity index is 373. The summed E-state index contributed by atoms with van der Waals surface area (Å²) in [5, 5.41) is 1.03. The molecule has 0 radical (unpaired) electrons. The van der Waals surface area contributed by atoms with Crippen molar-refractivity contribution in [2.75, 3.05) is 7.11 Å². The molecule has 0 amide bonds. The van der Waals surface area contributed by atoms with Crippen LogP contribution in [0.2, 0.25) is 0 Å². The minimum Gasteiger partial charge on any atom is -0.381 e. The van der Waals surface area contributed by atoms with Gasteiger partial charge in [0.25, 0.3) is 0 Å². The number of hydrogen-bond donors (Lipinski definition) is 0. The zero-order chi connectivity index (χ0) is 10.8. The molecular weight excluding hydrogens is 210 g/mol. The van der Waals surface area contributed by atoms with Crippen LogP contribution >= 0.6 is 11.3 Å². The quantitative estimate of drug-likeness (QED) is 0.792. The Kier molecular flexibility index (Phi) is 3.17. The lowest BCUT2D eigenvalue weighted by Gasteiger charge is -2.06. The summed E-state index contributed by atoms with van der Waals surface area (Å²) in [6, 6.07) is 0. The van der Waals surface area contributed by atoms with E-state index in [1.807, 2.05) is 6.92 Å². The highest BCUT2D eigenvalue weighted by Gasteiger charge is 2.22. The van der Waals surface area contributed by atoms with E-state index in [4.69, 9.17) is 4.74 Å². The fourth-order valence-electron chi connectivity index (χ4n) is 1.73. The molecule has 1 aliphatic carbocycles. The first-order valence-electron chi connectivity index (χ1n) is 5.25. The van der Waals surface area contributed by atoms with Crippen LogP contribution in [0.1, 0.15) is 40.1 Å². The van der Waals surface area contributed by atoms with E-state index in [2.05, 4.69) is 4.98 Å². The van der Waals surface area contributed by atoms with Gasteiger partial charge in [-0.25, -0.2) is 4.98 Å². The van der Waals surface area contributed by atoms with Crippen molar-refractivity contribution < 1.29 is 9.53 Å². The first-order chi connectivity index (χ1) is 7.20. The lowest BCUT2D eigenvalue weighted by molar-refractivity contribution is 0.0976. The van der Waals surface area contributed by atoms with Gasteiger partial charge in [0.2, 0.25) is 0 Å². The van der Waals surface area contributed by atoms with Crippen molar-refractivity contribution in [2.24, 2.45) is 0 Å². The van der Waals surface area contributed by atoms with E-state index in [1.165, 1.54) is 0 Å². The summed E-state index contributed by atoms with van der Waals surface area (Å²) in [5.41, 5.74) is 1.01. The Morgan fingerprint density at radius 1 is 1.53 bits per heavy atom. The Labute approximate surface area is 93.5 Å². The summed E-state index contributed by atoms with van der Waals surface area (Å²) in [6.45, 7) is 2.02. The van der Waals surface area contributed by atoms with E-state index in [-0.39, 0.29) is 11.9 Å². The number of carbonyl (C=O) groups is 1. The lowest BCUT2D eigenvalue weighted by Crippen LogP contribution is -2.09. The molecule has 1 atom stereocenters. The van der Waals surface area contributed by atoms with Crippen LogP contribution in [0, 0.1) is 0 Å². The monoisotopic (exact) mass is 225 g/mol. The third kappa shape index (κ3) is 2.26. The molecule has 0 saturated carbocycles. The first kappa shape index (κ1) is 10.8. The van der Waals surface area contributed by atoms with Gasteiger partial charge in [0.1, 0.15) is 0 Å². The summed E-state index contributed by atoms with van der Waals surface area (Å²) in [5.74, 6) is 0.269. The number of aryl methyl sites for hydroxylation is 1. The van der Waals surface area contributed by atoms with E-state index in [1.54, 1.807) is 18.4 Å². The second-order valence-electron chi connectivity index (χ2n) is 3.91. The average Bonchev–Trinajstić information content (AvgIpc) is 2.62. The maximum absolute atomic E-state index is 11.6. The zero-order valence-electron chi connectivity index (χ0n) is 9.08. The summed E-state index contributed by atoms with van der Waals surface area (Å²) in [6.07, 6.45) is 3.58. The van der Waals surface area contributed by atoms with Crippen LogP contribution in [-0.2, 0) is 17.6 Å². The number of rotatable bonds is 3. The SMILES string of the molecule is COC(C)Cc1nc2c(s1)C(=O)CCC2. The van der Waals surface area contributed by atoms with E-state index < -0.39 is 0 Å². The lowest BCUT2D eigenvalue weighted by atomic mass is 10.0. The molecule has 4 heteroatoms. The third-order valence-electron chi connectivity index (χ3n) is 2.68. The standard InChI is InChI=1S/C11H15NO2S/c1-7(14-2)6-10-12-8-4-3-5-9(13)11(8)15-10/h7H,3-6H2,1-2H3. The largest absolute Gasteiger partial charge is 0.381 e. The Morgan fingerprint density at radius 2 is 2.33 bits per heavy atom. The number of thiazole rings is 1. The summed E-state index contributed by atoms with van der Waals surface area (Å²) in [4.78, 5) is 17.0. The molecule has 0 aliphatic heterocycles. The van der Waals surface area contributed by atoms with Crippen molar-refractivity contribution in [3.63, 3.8) is 0 Å². The minimum atomic E-state index is 0.174. The smallest absolute Gasteiger partial charge is 0.174 e. The fraction of sp³-hybridized carbons (Fsp3) is 0.636. The first-order valence-corrected chi connectivity index (χ1v) is 6.07. The predicted molar refractivity (Wildman–Crippen MR) is 59.6 cm³/mol. The molecule has 0 spiro atoms. The van der Waals surface area contributed by atoms with Gasteiger partial charge in [-0.2, -0.15) is 0 Å². The van der Waals surface area contributed by atoms with Crippen molar-refractivity contribution >= 4 is 17.1 Å². The van der Waals surface area contributed by atoms with Gasteiger partial charge in [-0.05, 0) is 19.8 Å². The second kappa shape index (κ2) is 4.41. The molecule has 0 N–H and O–H groups in total. The summed E-state index contributed by atoms with van der Waals surface area (Å²) < 4.78 is 5.19. The molecule has 0 fully saturated rings. The van der Waals surface area contributed by atoms with Gasteiger partial charge in [-0.15, -0.1) is 11.3 Å². The number of aromatic nitrogens is 1. The Morgan fingerprint density at radius 3 is 3.00 bits per heavy atom. The van der Waals surface area contributed by atoms with Crippen molar-refractivity contribution in [3.8, 4) is 0 Å². The minimum absolute atomic E-state index is 0.174. The highest BCUT2D eigenvalue weighted by molar-refractivity contribution is 7.13. The molecule has 3 nitrogen and oxygen atoms in total. The molecule has 1 aromatic rings. The molecule has 1 heterocycles. The van der Waals surface area contributed by atoms with Gasteiger partial charge < -0.3 is 4.74 Å². The highest BCUT2D eigenvalue weighted by atomic mass is 32.1. The van der Waals surface area contributed by atoms with Crippen LogP contribution < -0.4 is 0 Å². The Balaban J connectivity index is 2.18. The van der Waals surface area contributed by atoms with Crippen LogP contribution in [-0.4, -0.2) is 24.0 Å². The highest BCUT2D eigenvalue weighted by Crippen LogP contribution is 2.27. The van der Waals surface area contributed by atoms with Crippen molar-refractivity contribution in [2.45, 2.75) is 38.7 Å². The van der Waals surface area contributed by atoms with Gasteiger partial charge in [-0.3, -0.25) is 4.79 Å². The normalized spacial score (nSPS) is 17.6. The van der Waals surface area contributed by atoms with Crippen LogP contribution in [0.3, 0.4) is 0 Å². The van der Waals surface area contributed by atoms with E-state index >= 15 is 0 Å². The zero-order valence-corrected chi connectivity index (χ0v) is 9.89. The Hall–Kier alpha value is -0.740. The molecule has 0 bridgehead atoms. The number of carbonyl (C=O) groups excluding carboxylic acids is 1. The topological polar surface area (TPSA) is 39.2 Å². The van der Waals surface area contributed by atoms with E-state index in [0.29, 0.717) is 6.42 Å². The van der Waals surface area contributed by atoms with E-state index in [0.717, 1.165) is 34.8 Å². The van der Waals surface area contributed by atoms with Crippen LogP contribution in [0.5, 0.6) is 0 Å². The molecule has 1 aromatic heterocycles.